The Balaban J connectivity index is 3.02. The average Bonchev–Trinajstić information content (AvgIpc) is 2.25. The molecule has 0 bridgehead atoms. The molecule has 0 fully saturated rings. The fourth-order valence-corrected chi connectivity index (χ4v) is 2.49. The predicted octanol–water partition coefficient (Wildman–Crippen LogP) is 3.32. The fourth-order valence-electron chi connectivity index (χ4n) is 1.48. The van der Waals surface area contributed by atoms with Crippen LogP contribution in [0, 0.1) is 0 Å². The number of nitrogens with two attached hydrogens (primary N) is 2. The highest BCUT2D eigenvalue weighted by atomic mass is 35.5. The van der Waals surface area contributed by atoms with Gasteiger partial charge in [0.1, 0.15) is 4.99 Å². The molecule has 0 saturated carbocycles. The molecule has 0 aliphatic rings. The maximum Gasteiger partial charge on any atom is 0.104 e. The summed E-state index contributed by atoms with van der Waals surface area (Å²) in [7, 11) is 0. The van der Waals surface area contributed by atoms with Crippen molar-refractivity contribution in [3.05, 3.63) is 34.3 Å². The summed E-state index contributed by atoms with van der Waals surface area (Å²) in [4.78, 5) is 0.711. The molecule has 0 aliphatic heterocycles. The molecular weight excluding hydrogens is 295 g/mol. The molecule has 0 spiro atoms. The van der Waals surface area contributed by atoms with Crippen LogP contribution in [0.5, 0.6) is 0 Å². The van der Waals surface area contributed by atoms with E-state index in [9.17, 15) is 0 Å². The van der Waals surface area contributed by atoms with Crippen molar-refractivity contribution >= 4 is 57.6 Å². The third-order valence-electron chi connectivity index (χ3n) is 2.28. The van der Waals surface area contributed by atoms with Crippen LogP contribution in [0.1, 0.15) is 29.3 Å². The van der Waals surface area contributed by atoms with Gasteiger partial charge in [0.25, 0.3) is 0 Å². The molecule has 6 heteroatoms. The Bertz CT molecular complexity index is 449. The van der Waals surface area contributed by atoms with Crippen LogP contribution in [0.3, 0.4) is 0 Å². The Labute approximate surface area is 121 Å². The first-order valence-electron chi connectivity index (χ1n) is 4.94. The topological polar surface area (TPSA) is 52.0 Å². The van der Waals surface area contributed by atoms with Crippen LogP contribution in [-0.4, -0.2) is 9.98 Å². The van der Waals surface area contributed by atoms with E-state index >= 15 is 0 Å². The second-order valence-corrected chi connectivity index (χ2v) is 5.44. The SMILES string of the molecule is NC(=S)CCC(Cl)c1c(Cl)cccc1C(N)=S. The molecule has 4 N–H and O–H groups in total. The summed E-state index contributed by atoms with van der Waals surface area (Å²) >= 11 is 22.2. The Morgan fingerprint density at radius 3 is 2.47 bits per heavy atom. The Hall–Kier alpha value is -0.420. The van der Waals surface area contributed by atoms with Gasteiger partial charge in [-0.3, -0.25) is 0 Å². The van der Waals surface area contributed by atoms with Crippen molar-refractivity contribution in [2.24, 2.45) is 11.5 Å². The van der Waals surface area contributed by atoms with Crippen LogP contribution in [0.25, 0.3) is 0 Å². The van der Waals surface area contributed by atoms with E-state index in [0.717, 1.165) is 5.56 Å². The second-order valence-electron chi connectivity index (χ2n) is 3.54. The minimum atomic E-state index is -0.304. The standard InChI is InChI=1S/C11H12Cl2N2S2/c12-7-3-1-2-6(11(15)17)10(7)8(13)4-5-9(14)16/h1-3,8H,4-5H2,(H2,14,16)(H2,15,17). The lowest BCUT2D eigenvalue weighted by molar-refractivity contribution is 0.834. The van der Waals surface area contributed by atoms with Crippen LogP contribution in [0.15, 0.2) is 18.2 Å². The third kappa shape index (κ3) is 4.07. The van der Waals surface area contributed by atoms with Crippen LogP contribution < -0.4 is 11.5 Å². The first kappa shape index (κ1) is 14.6. The van der Waals surface area contributed by atoms with Crippen LogP contribution >= 0.6 is 47.6 Å². The van der Waals surface area contributed by atoms with Gasteiger partial charge in [-0.05, 0) is 24.5 Å². The molecule has 0 amide bonds. The van der Waals surface area contributed by atoms with Gasteiger partial charge in [0.15, 0.2) is 0 Å². The first-order valence-corrected chi connectivity index (χ1v) is 6.57. The number of halogens is 2. The third-order valence-corrected chi connectivity index (χ3v) is 3.47. The van der Waals surface area contributed by atoms with E-state index in [-0.39, 0.29) is 10.4 Å². The van der Waals surface area contributed by atoms with E-state index in [1.165, 1.54) is 0 Å². The normalized spacial score (nSPS) is 12.1. The van der Waals surface area contributed by atoms with Crippen LogP contribution in [0.4, 0.5) is 0 Å². The minimum absolute atomic E-state index is 0.281. The largest absolute Gasteiger partial charge is 0.393 e. The Kier molecular flexibility index (Phi) is 5.59. The van der Waals surface area contributed by atoms with Crippen molar-refractivity contribution in [2.45, 2.75) is 18.2 Å². The number of benzene rings is 1. The summed E-state index contributed by atoms with van der Waals surface area (Å²) in [5.74, 6) is 0. The number of hydrogen-bond acceptors (Lipinski definition) is 2. The molecule has 0 aromatic heterocycles. The predicted molar refractivity (Wildman–Crippen MR) is 82.0 cm³/mol. The molecule has 92 valence electrons. The maximum atomic E-state index is 6.29. The van der Waals surface area contributed by atoms with E-state index < -0.39 is 0 Å². The Morgan fingerprint density at radius 1 is 1.29 bits per heavy atom. The van der Waals surface area contributed by atoms with Crippen molar-refractivity contribution in [3.8, 4) is 0 Å². The first-order chi connectivity index (χ1) is 7.93. The summed E-state index contributed by atoms with van der Waals surface area (Å²) in [6, 6.07) is 5.35. The van der Waals surface area contributed by atoms with Gasteiger partial charge in [0.2, 0.25) is 0 Å². The number of rotatable bonds is 5. The highest BCUT2D eigenvalue weighted by Gasteiger charge is 2.17. The monoisotopic (exact) mass is 306 g/mol. The molecule has 1 aromatic carbocycles. The summed E-state index contributed by atoms with van der Waals surface area (Å²) < 4.78 is 0. The van der Waals surface area contributed by atoms with E-state index in [4.69, 9.17) is 59.1 Å². The van der Waals surface area contributed by atoms with Crippen LogP contribution in [0.2, 0.25) is 5.02 Å². The lowest BCUT2D eigenvalue weighted by atomic mass is 10.0. The highest BCUT2D eigenvalue weighted by Crippen LogP contribution is 2.34. The van der Waals surface area contributed by atoms with Gasteiger partial charge in [-0.25, -0.2) is 0 Å². The van der Waals surface area contributed by atoms with Crippen molar-refractivity contribution in [2.75, 3.05) is 0 Å². The second kappa shape index (κ2) is 6.50. The number of alkyl halides is 1. The van der Waals surface area contributed by atoms with Gasteiger partial charge in [-0.15, -0.1) is 11.6 Å². The minimum Gasteiger partial charge on any atom is -0.393 e. The lowest BCUT2D eigenvalue weighted by Crippen LogP contribution is -2.14. The van der Waals surface area contributed by atoms with Gasteiger partial charge >= 0.3 is 0 Å². The van der Waals surface area contributed by atoms with Gasteiger partial charge in [-0.1, -0.05) is 48.2 Å². The molecular formula is C11H12Cl2N2S2. The van der Waals surface area contributed by atoms with Crippen LogP contribution in [-0.2, 0) is 0 Å². The maximum absolute atomic E-state index is 6.29. The zero-order valence-corrected chi connectivity index (χ0v) is 12.1. The van der Waals surface area contributed by atoms with Gasteiger partial charge in [-0.2, -0.15) is 0 Å². The zero-order chi connectivity index (χ0) is 13.0. The summed E-state index contributed by atoms with van der Waals surface area (Å²) in [5, 5.41) is 0.250. The van der Waals surface area contributed by atoms with Gasteiger partial charge < -0.3 is 11.5 Å². The fraction of sp³-hybridized carbons (Fsp3) is 0.273. The van der Waals surface area contributed by atoms with Gasteiger partial charge in [0.05, 0.1) is 10.4 Å². The molecule has 2 nitrogen and oxygen atoms in total. The summed E-state index contributed by atoms with van der Waals surface area (Å²) in [5.41, 5.74) is 12.5. The molecule has 0 aliphatic carbocycles. The van der Waals surface area contributed by atoms with Crippen molar-refractivity contribution in [3.63, 3.8) is 0 Å². The lowest BCUT2D eigenvalue weighted by Gasteiger charge is -2.15. The molecule has 0 heterocycles. The van der Waals surface area contributed by atoms with Crippen molar-refractivity contribution in [1.82, 2.24) is 0 Å². The molecule has 1 atom stereocenters. The quantitative estimate of drug-likeness (QED) is 0.647. The average molecular weight is 307 g/mol. The van der Waals surface area contributed by atoms with E-state index in [1.807, 2.05) is 0 Å². The summed E-state index contributed by atoms with van der Waals surface area (Å²) in [6.07, 6.45) is 1.17. The summed E-state index contributed by atoms with van der Waals surface area (Å²) in [6.45, 7) is 0. The molecule has 0 saturated heterocycles. The van der Waals surface area contributed by atoms with E-state index in [2.05, 4.69) is 0 Å². The molecule has 1 aromatic rings. The molecule has 17 heavy (non-hydrogen) atoms. The highest BCUT2D eigenvalue weighted by molar-refractivity contribution is 7.80. The smallest absolute Gasteiger partial charge is 0.104 e. The zero-order valence-electron chi connectivity index (χ0n) is 8.95. The van der Waals surface area contributed by atoms with Crippen molar-refractivity contribution in [1.29, 1.82) is 0 Å². The molecule has 1 rings (SSSR count). The van der Waals surface area contributed by atoms with Gasteiger partial charge in [0, 0.05) is 10.6 Å². The number of hydrogen-bond donors (Lipinski definition) is 2. The van der Waals surface area contributed by atoms with E-state index in [1.54, 1.807) is 18.2 Å². The Morgan fingerprint density at radius 2 is 1.94 bits per heavy atom. The van der Waals surface area contributed by atoms with E-state index in [0.29, 0.717) is 28.4 Å². The molecule has 0 radical (unpaired) electrons. The molecule has 1 unspecified atom stereocenters. The van der Waals surface area contributed by atoms with Crippen molar-refractivity contribution < 1.29 is 0 Å². The number of thiocarbonyl (C=S) groups is 2.